The fraction of sp³-hybridized carbons (Fsp3) is 0.278. The first-order valence-electron chi connectivity index (χ1n) is 7.22. The van der Waals surface area contributed by atoms with Crippen LogP contribution in [-0.4, -0.2) is 5.91 Å². The van der Waals surface area contributed by atoms with E-state index in [0.717, 1.165) is 12.1 Å². The lowest BCUT2D eigenvalue weighted by molar-refractivity contribution is -0.115. The molecule has 0 fully saturated rings. The fourth-order valence-corrected chi connectivity index (χ4v) is 2.17. The molecule has 1 amide bonds. The van der Waals surface area contributed by atoms with Gasteiger partial charge in [-0.3, -0.25) is 4.79 Å². The fourth-order valence-electron chi connectivity index (χ4n) is 2.17. The van der Waals surface area contributed by atoms with Crippen LogP contribution in [0.2, 0.25) is 0 Å². The van der Waals surface area contributed by atoms with Crippen molar-refractivity contribution in [1.82, 2.24) is 0 Å². The van der Waals surface area contributed by atoms with Crippen molar-refractivity contribution in [2.45, 2.75) is 32.6 Å². The van der Waals surface area contributed by atoms with Crippen LogP contribution in [0.1, 0.15) is 37.3 Å². The molecule has 0 spiro atoms. The van der Waals surface area contributed by atoms with Crippen LogP contribution in [0.15, 0.2) is 48.5 Å². The number of rotatable bonds is 5. The summed E-state index contributed by atoms with van der Waals surface area (Å²) in [7, 11) is 0. The zero-order chi connectivity index (χ0) is 15.2. The van der Waals surface area contributed by atoms with Crippen molar-refractivity contribution in [3.63, 3.8) is 0 Å². The minimum Gasteiger partial charge on any atom is -0.326 e. The van der Waals surface area contributed by atoms with E-state index in [1.54, 1.807) is 12.1 Å². The number of hydrogen-bond acceptors (Lipinski definition) is 1. The van der Waals surface area contributed by atoms with Crippen LogP contribution in [0.4, 0.5) is 10.1 Å². The van der Waals surface area contributed by atoms with E-state index in [4.69, 9.17) is 0 Å². The molecular weight excluding hydrogens is 265 g/mol. The number of carbonyl (C=O) groups excluding carboxylic acids is 1. The number of carbonyl (C=O) groups is 1. The molecule has 0 saturated carbocycles. The second-order valence-electron chi connectivity index (χ2n) is 5.29. The Kier molecular flexibility index (Phi) is 5.09. The molecule has 0 aliphatic heterocycles. The summed E-state index contributed by atoms with van der Waals surface area (Å²) in [4.78, 5) is 11.9. The van der Waals surface area contributed by atoms with Crippen molar-refractivity contribution in [3.8, 4) is 0 Å². The van der Waals surface area contributed by atoms with Gasteiger partial charge in [-0.2, -0.15) is 0 Å². The second-order valence-corrected chi connectivity index (χ2v) is 5.29. The van der Waals surface area contributed by atoms with E-state index in [1.165, 1.54) is 17.7 Å². The molecule has 0 unspecified atom stereocenters. The van der Waals surface area contributed by atoms with Crippen LogP contribution in [0.5, 0.6) is 0 Å². The summed E-state index contributed by atoms with van der Waals surface area (Å²) in [6, 6.07) is 14.0. The van der Waals surface area contributed by atoms with E-state index in [-0.39, 0.29) is 18.1 Å². The maximum Gasteiger partial charge on any atom is 0.228 e. The molecule has 2 aromatic carbocycles. The van der Waals surface area contributed by atoms with Gasteiger partial charge in [0.2, 0.25) is 5.91 Å². The minimum absolute atomic E-state index is 0.142. The van der Waals surface area contributed by atoms with Gasteiger partial charge in [-0.1, -0.05) is 38.1 Å². The number of nitrogens with one attached hydrogen (secondary N) is 1. The van der Waals surface area contributed by atoms with Crippen LogP contribution in [0, 0.1) is 5.82 Å². The highest BCUT2D eigenvalue weighted by Gasteiger charge is 2.06. The van der Waals surface area contributed by atoms with Gasteiger partial charge in [0.15, 0.2) is 0 Å². The maximum atomic E-state index is 13.1. The molecule has 0 bridgehead atoms. The number of hydrogen-bond donors (Lipinski definition) is 1. The van der Waals surface area contributed by atoms with E-state index < -0.39 is 0 Å². The first-order chi connectivity index (χ1) is 10.1. The number of benzene rings is 2. The third-order valence-corrected chi connectivity index (χ3v) is 3.63. The molecule has 0 saturated heterocycles. The monoisotopic (exact) mass is 285 g/mol. The maximum absolute atomic E-state index is 13.1. The largest absolute Gasteiger partial charge is 0.326 e. The van der Waals surface area contributed by atoms with Crippen LogP contribution in [0.25, 0.3) is 0 Å². The minimum atomic E-state index is -0.321. The lowest BCUT2D eigenvalue weighted by Crippen LogP contribution is -2.14. The summed E-state index contributed by atoms with van der Waals surface area (Å²) >= 11 is 0. The molecule has 2 rings (SSSR count). The molecule has 0 radical (unpaired) electrons. The second kappa shape index (κ2) is 7.02. The van der Waals surface area contributed by atoms with E-state index in [9.17, 15) is 9.18 Å². The van der Waals surface area contributed by atoms with Crippen LogP contribution in [0.3, 0.4) is 0 Å². The van der Waals surface area contributed by atoms with Gasteiger partial charge in [0.1, 0.15) is 5.82 Å². The Morgan fingerprint density at radius 3 is 2.52 bits per heavy atom. The lowest BCUT2D eigenvalue weighted by Gasteiger charge is -2.10. The predicted molar refractivity (Wildman–Crippen MR) is 83.9 cm³/mol. The first-order valence-corrected chi connectivity index (χ1v) is 7.22. The van der Waals surface area contributed by atoms with Crippen molar-refractivity contribution in [1.29, 1.82) is 0 Å². The predicted octanol–water partition coefficient (Wildman–Crippen LogP) is 4.52. The molecule has 1 N–H and O–H groups in total. The molecular formula is C18H20FNO. The van der Waals surface area contributed by atoms with Crippen LogP contribution in [-0.2, 0) is 11.2 Å². The van der Waals surface area contributed by atoms with Gasteiger partial charge < -0.3 is 5.32 Å². The summed E-state index contributed by atoms with van der Waals surface area (Å²) in [5.41, 5.74) is 2.70. The molecule has 110 valence electrons. The van der Waals surface area contributed by atoms with Crippen LogP contribution >= 0.6 is 0 Å². The average molecular weight is 285 g/mol. The number of amides is 1. The first kappa shape index (κ1) is 15.2. The standard InChI is InChI=1S/C18H20FNO/c1-3-13(2)15-7-9-17(10-8-15)20-18(21)12-14-5-4-6-16(19)11-14/h4-11,13H,3,12H2,1-2H3,(H,20,21)/t13-/m1/s1. The molecule has 3 heteroatoms. The topological polar surface area (TPSA) is 29.1 Å². The number of anilines is 1. The molecule has 0 aromatic heterocycles. The van der Waals surface area contributed by atoms with E-state index >= 15 is 0 Å². The van der Waals surface area contributed by atoms with Gasteiger partial charge in [-0.25, -0.2) is 4.39 Å². The zero-order valence-corrected chi connectivity index (χ0v) is 12.4. The van der Waals surface area contributed by atoms with Crippen molar-refractivity contribution in [2.24, 2.45) is 0 Å². The Balaban J connectivity index is 1.96. The molecule has 0 heterocycles. The zero-order valence-electron chi connectivity index (χ0n) is 12.4. The lowest BCUT2D eigenvalue weighted by atomic mass is 9.98. The molecule has 2 aromatic rings. The normalized spacial score (nSPS) is 12.0. The highest BCUT2D eigenvalue weighted by molar-refractivity contribution is 5.92. The quantitative estimate of drug-likeness (QED) is 0.859. The summed E-state index contributed by atoms with van der Waals surface area (Å²) in [5.74, 6) is 0.0529. The third kappa shape index (κ3) is 4.42. The highest BCUT2D eigenvalue weighted by atomic mass is 19.1. The molecule has 0 aliphatic carbocycles. The van der Waals surface area contributed by atoms with Gasteiger partial charge >= 0.3 is 0 Å². The Morgan fingerprint density at radius 2 is 1.90 bits per heavy atom. The van der Waals surface area contributed by atoms with E-state index in [2.05, 4.69) is 19.2 Å². The Hall–Kier alpha value is -2.16. The molecule has 1 atom stereocenters. The average Bonchev–Trinajstić information content (AvgIpc) is 2.47. The van der Waals surface area contributed by atoms with Gasteiger partial charge in [-0.05, 0) is 47.7 Å². The van der Waals surface area contributed by atoms with Crippen molar-refractivity contribution in [2.75, 3.05) is 5.32 Å². The van der Waals surface area contributed by atoms with Crippen molar-refractivity contribution in [3.05, 3.63) is 65.5 Å². The van der Waals surface area contributed by atoms with Crippen molar-refractivity contribution < 1.29 is 9.18 Å². The van der Waals surface area contributed by atoms with E-state index in [1.807, 2.05) is 24.3 Å². The molecule has 0 aliphatic rings. The number of halogens is 1. The Labute approximate surface area is 125 Å². The van der Waals surface area contributed by atoms with E-state index in [0.29, 0.717) is 11.5 Å². The van der Waals surface area contributed by atoms with Crippen molar-refractivity contribution >= 4 is 11.6 Å². The highest BCUT2D eigenvalue weighted by Crippen LogP contribution is 2.20. The molecule has 2 nitrogen and oxygen atoms in total. The van der Waals surface area contributed by atoms with Gasteiger partial charge in [0, 0.05) is 5.69 Å². The Morgan fingerprint density at radius 1 is 1.19 bits per heavy atom. The SMILES string of the molecule is CC[C@@H](C)c1ccc(NC(=O)Cc2cccc(F)c2)cc1. The Bertz CT molecular complexity index is 607. The van der Waals surface area contributed by atoms with Gasteiger partial charge in [0.25, 0.3) is 0 Å². The summed E-state index contributed by atoms with van der Waals surface area (Å²) in [5, 5.41) is 2.83. The van der Waals surface area contributed by atoms with Gasteiger partial charge in [0.05, 0.1) is 6.42 Å². The third-order valence-electron chi connectivity index (χ3n) is 3.63. The molecule has 21 heavy (non-hydrogen) atoms. The smallest absolute Gasteiger partial charge is 0.228 e. The van der Waals surface area contributed by atoms with Crippen LogP contribution < -0.4 is 5.32 Å². The summed E-state index contributed by atoms with van der Waals surface area (Å²) < 4.78 is 13.1. The summed E-state index contributed by atoms with van der Waals surface area (Å²) in [6.07, 6.45) is 1.26. The summed E-state index contributed by atoms with van der Waals surface area (Å²) in [6.45, 7) is 4.33. The van der Waals surface area contributed by atoms with Gasteiger partial charge in [-0.15, -0.1) is 0 Å².